The van der Waals surface area contributed by atoms with E-state index in [4.69, 9.17) is 12.2 Å². The Kier molecular flexibility index (Phi) is 4.59. The highest BCUT2D eigenvalue weighted by atomic mass is 32.1. The second kappa shape index (κ2) is 6.66. The summed E-state index contributed by atoms with van der Waals surface area (Å²) in [6, 6.07) is 7.81. The van der Waals surface area contributed by atoms with Gasteiger partial charge in [0.1, 0.15) is 11.9 Å². The first-order valence-electron chi connectivity index (χ1n) is 7.25. The van der Waals surface area contributed by atoms with Crippen LogP contribution in [0, 0.1) is 17.5 Å². The number of amides is 1. The van der Waals surface area contributed by atoms with Gasteiger partial charge in [0, 0.05) is 0 Å². The van der Waals surface area contributed by atoms with Crippen LogP contribution in [-0.2, 0) is 4.79 Å². The molecule has 0 saturated heterocycles. The van der Waals surface area contributed by atoms with Gasteiger partial charge in [-0.25, -0.2) is 4.39 Å². The van der Waals surface area contributed by atoms with Crippen molar-refractivity contribution in [2.45, 2.75) is 19.9 Å². The lowest BCUT2D eigenvalue weighted by Gasteiger charge is -2.15. The number of carbonyl (C=O) groups is 1. The first-order valence-corrected chi connectivity index (χ1v) is 8.54. The van der Waals surface area contributed by atoms with E-state index in [1.54, 1.807) is 30.5 Å². The molecule has 0 aliphatic rings. The van der Waals surface area contributed by atoms with E-state index in [1.165, 1.54) is 17.4 Å². The normalized spacial score (nSPS) is 12.1. The van der Waals surface area contributed by atoms with E-state index >= 15 is 0 Å². The molecule has 0 fully saturated rings. The average molecular weight is 362 g/mol. The number of hydrogen-bond donors (Lipinski definition) is 2. The Hall–Kier alpha value is -2.32. The van der Waals surface area contributed by atoms with E-state index in [0.29, 0.717) is 10.6 Å². The Morgan fingerprint density at radius 1 is 1.46 bits per heavy atom. The number of hydrogen-bond acceptors (Lipinski definition) is 4. The van der Waals surface area contributed by atoms with Gasteiger partial charge in [-0.3, -0.25) is 14.5 Å². The van der Waals surface area contributed by atoms with Crippen molar-refractivity contribution in [1.29, 1.82) is 0 Å². The number of anilines is 1. The number of halogens is 1. The number of aromatic amines is 1. The summed E-state index contributed by atoms with van der Waals surface area (Å²) in [5.41, 5.74) is 0.931. The number of nitrogens with one attached hydrogen (secondary N) is 2. The van der Waals surface area contributed by atoms with Crippen LogP contribution >= 0.6 is 23.6 Å². The van der Waals surface area contributed by atoms with Gasteiger partial charge in [-0.2, -0.15) is 5.10 Å². The monoisotopic (exact) mass is 362 g/mol. The summed E-state index contributed by atoms with van der Waals surface area (Å²) in [5, 5.41) is 11.4. The highest BCUT2D eigenvalue weighted by molar-refractivity contribution is 7.71. The highest BCUT2D eigenvalue weighted by Gasteiger charge is 2.22. The molecule has 3 aromatic rings. The topological polar surface area (TPSA) is 62.7 Å². The van der Waals surface area contributed by atoms with E-state index in [-0.39, 0.29) is 11.6 Å². The van der Waals surface area contributed by atoms with Gasteiger partial charge in [0.15, 0.2) is 10.6 Å². The fraction of sp³-hybridized carbons (Fsp3) is 0.188. The molecule has 1 atom stereocenters. The Morgan fingerprint density at radius 2 is 2.25 bits per heavy atom. The lowest BCUT2D eigenvalue weighted by atomic mass is 10.2. The van der Waals surface area contributed by atoms with Gasteiger partial charge in [-0.05, 0) is 55.2 Å². The number of aromatic nitrogens is 3. The van der Waals surface area contributed by atoms with Crippen LogP contribution in [0.2, 0.25) is 0 Å². The summed E-state index contributed by atoms with van der Waals surface area (Å²) < 4.78 is 15.9. The van der Waals surface area contributed by atoms with E-state index in [0.717, 1.165) is 10.4 Å². The SMILES string of the molecule is Cc1ccc(NC(=O)[C@@H](C)n2c(-c3cccs3)n[nH]c2=S)c(F)c1. The molecule has 0 bridgehead atoms. The van der Waals surface area contributed by atoms with Gasteiger partial charge in [-0.1, -0.05) is 12.1 Å². The third-order valence-corrected chi connectivity index (χ3v) is 4.75. The van der Waals surface area contributed by atoms with Crippen LogP contribution in [0.5, 0.6) is 0 Å². The van der Waals surface area contributed by atoms with Crippen molar-refractivity contribution in [2.75, 3.05) is 5.32 Å². The Balaban J connectivity index is 1.89. The largest absolute Gasteiger partial charge is 0.322 e. The van der Waals surface area contributed by atoms with Crippen molar-refractivity contribution in [3.05, 3.63) is 51.9 Å². The molecule has 0 saturated carbocycles. The summed E-state index contributed by atoms with van der Waals surface area (Å²) >= 11 is 6.74. The van der Waals surface area contributed by atoms with Gasteiger partial charge in [0.2, 0.25) is 5.91 Å². The van der Waals surface area contributed by atoms with Crippen LogP contribution in [0.25, 0.3) is 10.7 Å². The van der Waals surface area contributed by atoms with E-state index < -0.39 is 11.9 Å². The molecule has 3 rings (SSSR count). The molecule has 124 valence electrons. The van der Waals surface area contributed by atoms with Crippen LogP contribution < -0.4 is 5.32 Å². The molecule has 2 aromatic heterocycles. The van der Waals surface area contributed by atoms with Crippen molar-refractivity contribution in [2.24, 2.45) is 0 Å². The minimum absolute atomic E-state index is 0.144. The van der Waals surface area contributed by atoms with Crippen LogP contribution in [0.4, 0.5) is 10.1 Å². The maximum atomic E-state index is 13.9. The number of carbonyl (C=O) groups excluding carboxylic acids is 1. The molecule has 24 heavy (non-hydrogen) atoms. The molecular formula is C16H15FN4OS2. The molecule has 2 heterocycles. The van der Waals surface area contributed by atoms with Crippen molar-refractivity contribution < 1.29 is 9.18 Å². The van der Waals surface area contributed by atoms with Gasteiger partial charge < -0.3 is 5.32 Å². The lowest BCUT2D eigenvalue weighted by Crippen LogP contribution is -2.24. The number of rotatable bonds is 4. The van der Waals surface area contributed by atoms with Crippen LogP contribution in [0.3, 0.4) is 0 Å². The van der Waals surface area contributed by atoms with Gasteiger partial charge in [0.25, 0.3) is 0 Å². The molecule has 5 nitrogen and oxygen atoms in total. The molecular weight excluding hydrogens is 347 g/mol. The van der Waals surface area contributed by atoms with Gasteiger partial charge in [0.05, 0.1) is 10.6 Å². The van der Waals surface area contributed by atoms with Crippen molar-refractivity contribution in [1.82, 2.24) is 14.8 Å². The Bertz CT molecular complexity index is 930. The minimum Gasteiger partial charge on any atom is -0.322 e. The fourth-order valence-corrected chi connectivity index (χ4v) is 3.32. The summed E-state index contributed by atoms with van der Waals surface area (Å²) in [5.74, 6) is -0.250. The Labute approximate surface area is 147 Å². The fourth-order valence-electron chi connectivity index (χ4n) is 2.32. The molecule has 0 radical (unpaired) electrons. The third kappa shape index (κ3) is 3.15. The number of nitrogens with zero attached hydrogens (tertiary/aromatic N) is 2. The Morgan fingerprint density at radius 3 is 2.92 bits per heavy atom. The third-order valence-electron chi connectivity index (χ3n) is 3.60. The van der Waals surface area contributed by atoms with Gasteiger partial charge >= 0.3 is 0 Å². The zero-order chi connectivity index (χ0) is 17.3. The summed E-state index contributed by atoms with van der Waals surface area (Å²) in [7, 11) is 0. The van der Waals surface area contributed by atoms with Gasteiger partial charge in [-0.15, -0.1) is 11.3 Å². The molecule has 1 amide bonds. The predicted molar refractivity (Wildman–Crippen MR) is 95.2 cm³/mol. The zero-order valence-electron chi connectivity index (χ0n) is 13.0. The number of thiophene rings is 1. The molecule has 2 N–H and O–H groups in total. The second-order valence-corrected chi connectivity index (χ2v) is 6.68. The molecule has 0 aliphatic carbocycles. The van der Waals surface area contributed by atoms with Crippen LogP contribution in [0.15, 0.2) is 35.7 Å². The van der Waals surface area contributed by atoms with E-state index in [1.807, 2.05) is 17.5 Å². The van der Waals surface area contributed by atoms with Crippen LogP contribution in [-0.4, -0.2) is 20.7 Å². The van der Waals surface area contributed by atoms with Crippen molar-refractivity contribution in [3.8, 4) is 10.7 Å². The molecule has 0 spiro atoms. The van der Waals surface area contributed by atoms with Crippen molar-refractivity contribution >= 4 is 35.1 Å². The molecule has 8 heteroatoms. The number of aryl methyl sites for hydroxylation is 1. The maximum absolute atomic E-state index is 13.9. The number of benzene rings is 1. The zero-order valence-corrected chi connectivity index (χ0v) is 14.7. The predicted octanol–water partition coefficient (Wildman–Crippen LogP) is 4.32. The van der Waals surface area contributed by atoms with Crippen molar-refractivity contribution in [3.63, 3.8) is 0 Å². The van der Waals surface area contributed by atoms with E-state index in [9.17, 15) is 9.18 Å². The standard InChI is InChI=1S/C16H15FN4OS2/c1-9-5-6-12(11(17)8-9)18-15(22)10(2)21-14(19-20-16(21)23)13-4-3-7-24-13/h3-8,10H,1-2H3,(H,18,22)(H,20,23)/t10-/m1/s1. The first-order chi connectivity index (χ1) is 11.5. The maximum Gasteiger partial charge on any atom is 0.247 e. The number of H-pyrrole nitrogens is 1. The quantitative estimate of drug-likeness (QED) is 0.680. The van der Waals surface area contributed by atoms with E-state index in [2.05, 4.69) is 15.5 Å². The molecule has 0 aliphatic heterocycles. The average Bonchev–Trinajstić information content (AvgIpc) is 3.18. The highest BCUT2D eigenvalue weighted by Crippen LogP contribution is 2.26. The second-order valence-electron chi connectivity index (χ2n) is 5.35. The molecule has 0 unspecified atom stereocenters. The summed E-state index contributed by atoms with van der Waals surface area (Å²) in [4.78, 5) is 13.4. The summed E-state index contributed by atoms with van der Waals surface area (Å²) in [6.45, 7) is 3.49. The van der Waals surface area contributed by atoms with Crippen LogP contribution in [0.1, 0.15) is 18.5 Å². The lowest BCUT2D eigenvalue weighted by molar-refractivity contribution is -0.118. The minimum atomic E-state index is -0.644. The first kappa shape index (κ1) is 16.5. The smallest absolute Gasteiger partial charge is 0.247 e. The molecule has 1 aromatic carbocycles. The summed E-state index contributed by atoms with van der Waals surface area (Å²) in [6.07, 6.45) is 0.